The third kappa shape index (κ3) is 4.90. The van der Waals surface area contributed by atoms with Gasteiger partial charge in [0.05, 0.1) is 11.5 Å². The summed E-state index contributed by atoms with van der Waals surface area (Å²) in [6.45, 7) is 8.02. The molecule has 0 aromatic heterocycles. The standard InChI is InChI=1S/C13H25N3OS/c1-3-15(9-11(2)13(14)18)10-12(17)16-7-5-4-6-8-16/h11H,3-10H2,1-2H3,(H2,14,18). The van der Waals surface area contributed by atoms with Gasteiger partial charge in [0.25, 0.3) is 0 Å². The molecule has 0 aromatic carbocycles. The second-order valence-corrected chi connectivity index (χ2v) is 5.54. The van der Waals surface area contributed by atoms with Gasteiger partial charge in [-0.1, -0.05) is 26.1 Å². The number of rotatable bonds is 6. The third-order valence-corrected chi connectivity index (χ3v) is 3.93. The molecular formula is C13H25N3OS. The molecule has 4 nitrogen and oxygen atoms in total. The molecule has 18 heavy (non-hydrogen) atoms. The molecule has 0 saturated carbocycles. The van der Waals surface area contributed by atoms with E-state index >= 15 is 0 Å². The van der Waals surface area contributed by atoms with E-state index in [0.717, 1.165) is 39.0 Å². The van der Waals surface area contributed by atoms with E-state index < -0.39 is 0 Å². The molecule has 1 aliphatic rings. The number of carbonyl (C=O) groups excluding carboxylic acids is 1. The lowest BCUT2D eigenvalue weighted by Gasteiger charge is -2.30. The van der Waals surface area contributed by atoms with Crippen molar-refractivity contribution in [1.82, 2.24) is 9.80 Å². The van der Waals surface area contributed by atoms with Crippen LogP contribution in [0.2, 0.25) is 0 Å². The highest BCUT2D eigenvalue weighted by Crippen LogP contribution is 2.09. The number of amides is 1. The summed E-state index contributed by atoms with van der Waals surface area (Å²) in [5, 5.41) is 0. The van der Waals surface area contributed by atoms with Crippen LogP contribution in [0, 0.1) is 5.92 Å². The monoisotopic (exact) mass is 271 g/mol. The van der Waals surface area contributed by atoms with E-state index in [-0.39, 0.29) is 11.8 Å². The summed E-state index contributed by atoms with van der Waals surface area (Å²) in [6, 6.07) is 0. The first kappa shape index (κ1) is 15.4. The van der Waals surface area contributed by atoms with Crippen LogP contribution in [0.15, 0.2) is 0 Å². The van der Waals surface area contributed by atoms with Crippen LogP contribution in [0.25, 0.3) is 0 Å². The molecule has 104 valence electrons. The second-order valence-electron chi connectivity index (χ2n) is 5.07. The second kappa shape index (κ2) is 7.69. The molecule has 0 bridgehead atoms. The molecule has 1 heterocycles. The van der Waals surface area contributed by atoms with E-state index in [1.165, 1.54) is 6.42 Å². The van der Waals surface area contributed by atoms with Gasteiger partial charge in [-0.2, -0.15) is 0 Å². The van der Waals surface area contributed by atoms with E-state index in [0.29, 0.717) is 11.5 Å². The van der Waals surface area contributed by atoms with Gasteiger partial charge in [0.1, 0.15) is 0 Å². The van der Waals surface area contributed by atoms with E-state index in [9.17, 15) is 4.79 Å². The minimum atomic E-state index is 0.161. The molecule has 1 saturated heterocycles. The number of carbonyl (C=O) groups is 1. The SMILES string of the molecule is CCN(CC(=O)N1CCCCC1)CC(C)C(N)=S. The number of nitrogens with two attached hydrogens (primary N) is 1. The molecule has 2 N–H and O–H groups in total. The zero-order chi connectivity index (χ0) is 13.5. The molecule has 1 aliphatic heterocycles. The van der Waals surface area contributed by atoms with Crippen LogP contribution in [0.1, 0.15) is 33.1 Å². The van der Waals surface area contributed by atoms with Gasteiger partial charge < -0.3 is 10.6 Å². The van der Waals surface area contributed by atoms with Gasteiger partial charge in [-0.3, -0.25) is 9.69 Å². The van der Waals surface area contributed by atoms with Crippen molar-refractivity contribution in [2.24, 2.45) is 11.7 Å². The van der Waals surface area contributed by atoms with E-state index in [1.807, 2.05) is 11.8 Å². The zero-order valence-electron chi connectivity index (χ0n) is 11.5. The maximum atomic E-state index is 12.1. The third-order valence-electron chi connectivity index (χ3n) is 3.53. The molecule has 0 aliphatic carbocycles. The molecule has 1 fully saturated rings. The zero-order valence-corrected chi connectivity index (χ0v) is 12.3. The molecular weight excluding hydrogens is 246 g/mol. The highest BCUT2D eigenvalue weighted by molar-refractivity contribution is 7.80. The highest BCUT2D eigenvalue weighted by atomic mass is 32.1. The summed E-state index contributed by atoms with van der Waals surface area (Å²) in [5.74, 6) is 0.404. The first-order valence-corrected chi connectivity index (χ1v) is 7.24. The van der Waals surface area contributed by atoms with Crippen molar-refractivity contribution >= 4 is 23.1 Å². The number of thiocarbonyl (C=S) groups is 1. The Bertz CT molecular complexity index is 290. The number of nitrogens with zero attached hydrogens (tertiary/aromatic N) is 2. The number of likely N-dealkylation sites (tertiary alicyclic amines) is 1. The van der Waals surface area contributed by atoms with Gasteiger partial charge in [0.15, 0.2) is 0 Å². The van der Waals surface area contributed by atoms with Crippen molar-refractivity contribution in [2.45, 2.75) is 33.1 Å². The number of hydrogen-bond donors (Lipinski definition) is 1. The summed E-state index contributed by atoms with van der Waals surface area (Å²) in [7, 11) is 0. The fourth-order valence-electron chi connectivity index (χ4n) is 2.22. The molecule has 0 radical (unpaired) electrons. The molecule has 0 spiro atoms. The Kier molecular flexibility index (Phi) is 6.57. The molecule has 5 heteroatoms. The van der Waals surface area contributed by atoms with Crippen molar-refractivity contribution in [3.05, 3.63) is 0 Å². The fraction of sp³-hybridized carbons (Fsp3) is 0.846. The predicted octanol–water partition coefficient (Wildman–Crippen LogP) is 1.24. The van der Waals surface area contributed by atoms with E-state index in [2.05, 4.69) is 11.8 Å². The summed E-state index contributed by atoms with van der Waals surface area (Å²) in [4.78, 5) is 16.8. The Labute approximate surface area is 115 Å². The lowest BCUT2D eigenvalue weighted by atomic mass is 10.1. The normalized spacial score (nSPS) is 17.8. The fourth-order valence-corrected chi connectivity index (χ4v) is 2.29. The maximum absolute atomic E-state index is 12.1. The topological polar surface area (TPSA) is 49.6 Å². The quantitative estimate of drug-likeness (QED) is 0.739. The van der Waals surface area contributed by atoms with Gasteiger partial charge in [-0.05, 0) is 25.8 Å². The van der Waals surface area contributed by atoms with Crippen molar-refractivity contribution in [1.29, 1.82) is 0 Å². The minimum Gasteiger partial charge on any atom is -0.393 e. The average molecular weight is 271 g/mol. The summed E-state index contributed by atoms with van der Waals surface area (Å²) in [6.07, 6.45) is 3.53. The summed E-state index contributed by atoms with van der Waals surface area (Å²) >= 11 is 4.98. The van der Waals surface area contributed by atoms with Gasteiger partial charge in [0.2, 0.25) is 5.91 Å². The first-order chi connectivity index (χ1) is 8.54. The van der Waals surface area contributed by atoms with Gasteiger partial charge >= 0.3 is 0 Å². The Morgan fingerprint density at radius 2 is 2.00 bits per heavy atom. The van der Waals surface area contributed by atoms with Crippen molar-refractivity contribution in [2.75, 3.05) is 32.7 Å². The molecule has 1 rings (SSSR count). The smallest absolute Gasteiger partial charge is 0.236 e. The van der Waals surface area contributed by atoms with E-state index in [4.69, 9.17) is 18.0 Å². The molecule has 1 atom stereocenters. The van der Waals surface area contributed by atoms with Crippen molar-refractivity contribution in [3.8, 4) is 0 Å². The summed E-state index contributed by atoms with van der Waals surface area (Å²) < 4.78 is 0. The maximum Gasteiger partial charge on any atom is 0.236 e. The molecule has 1 amide bonds. The van der Waals surface area contributed by atoms with Gasteiger partial charge in [-0.15, -0.1) is 0 Å². The van der Waals surface area contributed by atoms with Gasteiger partial charge in [0, 0.05) is 25.6 Å². The average Bonchev–Trinajstić information content (AvgIpc) is 2.38. The largest absolute Gasteiger partial charge is 0.393 e. The van der Waals surface area contributed by atoms with Crippen molar-refractivity contribution in [3.63, 3.8) is 0 Å². The highest BCUT2D eigenvalue weighted by Gasteiger charge is 2.20. The van der Waals surface area contributed by atoms with Crippen LogP contribution in [0.3, 0.4) is 0 Å². The Hall–Kier alpha value is -0.680. The Morgan fingerprint density at radius 3 is 2.50 bits per heavy atom. The lowest BCUT2D eigenvalue weighted by Crippen LogP contribution is -2.44. The Balaban J connectivity index is 2.41. The lowest BCUT2D eigenvalue weighted by molar-refractivity contribution is -0.133. The minimum absolute atomic E-state index is 0.161. The summed E-state index contributed by atoms with van der Waals surface area (Å²) in [5.41, 5.74) is 5.62. The molecule has 1 unspecified atom stereocenters. The van der Waals surface area contributed by atoms with Gasteiger partial charge in [-0.25, -0.2) is 0 Å². The number of hydrogen-bond acceptors (Lipinski definition) is 3. The predicted molar refractivity (Wildman–Crippen MR) is 78.5 cm³/mol. The van der Waals surface area contributed by atoms with Crippen LogP contribution >= 0.6 is 12.2 Å². The molecule has 0 aromatic rings. The Morgan fingerprint density at radius 1 is 1.39 bits per heavy atom. The number of piperidine rings is 1. The van der Waals surface area contributed by atoms with E-state index in [1.54, 1.807) is 0 Å². The first-order valence-electron chi connectivity index (χ1n) is 6.84. The van der Waals surface area contributed by atoms with Crippen LogP contribution in [0.4, 0.5) is 0 Å². The van der Waals surface area contributed by atoms with Crippen LogP contribution in [-0.4, -0.2) is 53.4 Å². The van der Waals surface area contributed by atoms with Crippen LogP contribution in [0.5, 0.6) is 0 Å². The van der Waals surface area contributed by atoms with Crippen molar-refractivity contribution < 1.29 is 4.79 Å². The number of likely N-dealkylation sites (N-methyl/N-ethyl adjacent to an activating group) is 1. The van der Waals surface area contributed by atoms with Crippen LogP contribution in [-0.2, 0) is 4.79 Å². The van der Waals surface area contributed by atoms with Crippen LogP contribution < -0.4 is 5.73 Å².